The van der Waals surface area contributed by atoms with Crippen molar-refractivity contribution in [1.82, 2.24) is 0 Å². The van der Waals surface area contributed by atoms with Crippen LogP contribution in [0.25, 0.3) is 0 Å². The molecule has 0 fully saturated rings. The van der Waals surface area contributed by atoms with Gasteiger partial charge in [0.05, 0.1) is 16.8 Å². The summed E-state index contributed by atoms with van der Waals surface area (Å²) in [4.78, 5) is 0. The third-order valence-electron chi connectivity index (χ3n) is 1.10. The topological polar surface area (TPSA) is 12.0 Å². The van der Waals surface area contributed by atoms with E-state index in [9.17, 15) is 0 Å². The summed E-state index contributed by atoms with van der Waals surface area (Å²) in [5.41, 5.74) is 1.20. The summed E-state index contributed by atoms with van der Waals surface area (Å²) >= 11 is 0.283. The highest BCUT2D eigenvalue weighted by atomic mass is 32.2. The Morgan fingerprint density at radius 2 is 1.70 bits per heavy atom. The van der Waals surface area contributed by atoms with Crippen LogP contribution >= 0.6 is 0 Å². The Hall–Kier alpha value is -0.630. The zero-order valence-corrected chi connectivity index (χ0v) is 7.11. The van der Waals surface area contributed by atoms with Gasteiger partial charge in [0, 0.05) is 0 Å². The summed E-state index contributed by atoms with van der Waals surface area (Å²) in [5, 5.41) is 0. The second-order valence-corrected chi connectivity index (χ2v) is 4.12. The van der Waals surface area contributed by atoms with Crippen molar-refractivity contribution in [2.45, 2.75) is 0 Å². The third-order valence-corrected chi connectivity index (χ3v) is 1.74. The van der Waals surface area contributed by atoms with Crippen LogP contribution in [0, 0.1) is 0 Å². The lowest BCUT2D eigenvalue weighted by atomic mass is 10.3. The van der Waals surface area contributed by atoms with Crippen molar-refractivity contribution < 1.29 is 0 Å². The van der Waals surface area contributed by atoms with E-state index in [1.807, 2.05) is 18.2 Å². The van der Waals surface area contributed by atoms with Crippen molar-refractivity contribution in [2.24, 2.45) is 0 Å². The molecule has 1 nitrogen and oxygen atoms in total. The van der Waals surface area contributed by atoms with Gasteiger partial charge in [-0.2, -0.15) is 0 Å². The molecule has 0 bridgehead atoms. The first kappa shape index (κ1) is 7.48. The lowest BCUT2D eigenvalue weighted by Gasteiger charge is -1.98. The summed E-state index contributed by atoms with van der Waals surface area (Å²) in [6.45, 7) is 0. The number of hydrogen-bond acceptors (Lipinski definition) is 1. The van der Waals surface area contributed by atoms with Gasteiger partial charge in [0.2, 0.25) is 0 Å². The van der Waals surface area contributed by atoms with Gasteiger partial charge in [-0.15, -0.1) is 0 Å². The van der Waals surface area contributed by atoms with Crippen molar-refractivity contribution in [3.63, 3.8) is 0 Å². The maximum absolute atomic E-state index is 3.33. The molecule has 0 amide bonds. The second-order valence-electron chi connectivity index (χ2n) is 2.28. The highest BCUT2D eigenvalue weighted by molar-refractivity contribution is 7.96. The molecule has 0 radical (unpaired) electrons. The van der Waals surface area contributed by atoms with E-state index >= 15 is 0 Å². The van der Waals surface area contributed by atoms with Gasteiger partial charge in [0.25, 0.3) is 0 Å². The number of nitrogens with one attached hydrogen (secondary N) is 1. The van der Waals surface area contributed by atoms with Gasteiger partial charge < -0.3 is 0 Å². The minimum absolute atomic E-state index is 0.283. The number of benzene rings is 1. The highest BCUT2D eigenvalue weighted by Crippen LogP contribution is 2.05. The molecule has 0 saturated heterocycles. The molecule has 0 aliphatic carbocycles. The molecule has 0 aliphatic rings. The monoisotopic (exact) mass is 154 g/mol. The van der Waals surface area contributed by atoms with E-state index < -0.39 is 0 Å². The van der Waals surface area contributed by atoms with E-state index in [0.717, 1.165) is 0 Å². The first-order valence-electron chi connectivity index (χ1n) is 3.18. The Kier molecular flexibility index (Phi) is 2.63. The lowest BCUT2D eigenvalue weighted by Crippen LogP contribution is -2.07. The van der Waals surface area contributed by atoms with E-state index in [2.05, 4.69) is 29.4 Å². The molecule has 54 valence electrons. The Morgan fingerprint density at radius 1 is 1.10 bits per heavy atom. The molecule has 0 aromatic heterocycles. The van der Waals surface area contributed by atoms with Gasteiger partial charge in [0.15, 0.2) is 0 Å². The van der Waals surface area contributed by atoms with Crippen LogP contribution < -0.4 is 4.72 Å². The number of anilines is 1. The van der Waals surface area contributed by atoms with E-state index in [0.29, 0.717) is 0 Å². The standard InChI is InChI=1S/C8H12NS/c1-10(2)9-8-6-4-3-5-7-8/h3-7,9H,1-2H3/q+1. The summed E-state index contributed by atoms with van der Waals surface area (Å²) in [6, 6.07) is 10.2. The SMILES string of the molecule is C[S+](C)Nc1ccccc1. The molecule has 2 heteroatoms. The summed E-state index contributed by atoms with van der Waals surface area (Å²) in [7, 11) is 0. The lowest BCUT2D eigenvalue weighted by molar-refractivity contribution is 1.68. The van der Waals surface area contributed by atoms with Gasteiger partial charge in [0.1, 0.15) is 12.5 Å². The van der Waals surface area contributed by atoms with E-state index in [4.69, 9.17) is 0 Å². The molecule has 1 aromatic rings. The summed E-state index contributed by atoms with van der Waals surface area (Å²) < 4.78 is 3.33. The van der Waals surface area contributed by atoms with Gasteiger partial charge in [-0.05, 0) is 12.1 Å². The first-order valence-corrected chi connectivity index (χ1v) is 5.22. The Labute approximate surface area is 64.9 Å². The molecule has 1 rings (SSSR count). The van der Waals surface area contributed by atoms with Crippen molar-refractivity contribution in [2.75, 3.05) is 17.2 Å². The molecule has 1 aromatic carbocycles. The minimum atomic E-state index is 0.283. The Bertz CT molecular complexity index is 184. The molecule has 0 atom stereocenters. The normalized spacial score (nSPS) is 9.90. The largest absolute Gasteiger partial charge is 0.208 e. The van der Waals surface area contributed by atoms with Crippen molar-refractivity contribution in [3.05, 3.63) is 30.3 Å². The van der Waals surface area contributed by atoms with Crippen molar-refractivity contribution in [3.8, 4) is 0 Å². The molecule has 0 aliphatic heterocycles. The minimum Gasteiger partial charge on any atom is -0.208 e. The smallest absolute Gasteiger partial charge is 0.122 e. The zero-order valence-electron chi connectivity index (χ0n) is 6.29. The number of para-hydroxylation sites is 1. The molecule has 10 heavy (non-hydrogen) atoms. The average Bonchev–Trinajstić information content (AvgIpc) is 1.88. The molecular weight excluding hydrogens is 142 g/mol. The first-order chi connectivity index (χ1) is 4.79. The van der Waals surface area contributed by atoms with E-state index in [1.54, 1.807) is 0 Å². The number of rotatable bonds is 2. The average molecular weight is 154 g/mol. The van der Waals surface area contributed by atoms with Crippen LogP contribution in [0.3, 0.4) is 0 Å². The van der Waals surface area contributed by atoms with E-state index in [1.165, 1.54) is 5.69 Å². The Morgan fingerprint density at radius 3 is 2.20 bits per heavy atom. The molecule has 1 N–H and O–H groups in total. The predicted octanol–water partition coefficient (Wildman–Crippen LogP) is 1.89. The highest BCUT2D eigenvalue weighted by Gasteiger charge is 1.99. The maximum atomic E-state index is 3.33. The molecule has 0 heterocycles. The van der Waals surface area contributed by atoms with Gasteiger partial charge in [-0.25, -0.2) is 4.72 Å². The molecule has 0 spiro atoms. The fourth-order valence-corrected chi connectivity index (χ4v) is 1.35. The summed E-state index contributed by atoms with van der Waals surface area (Å²) in [5.74, 6) is 0. The second kappa shape index (κ2) is 3.52. The van der Waals surface area contributed by atoms with Crippen LogP contribution in [0.15, 0.2) is 30.3 Å². The van der Waals surface area contributed by atoms with Crippen molar-refractivity contribution in [1.29, 1.82) is 0 Å². The van der Waals surface area contributed by atoms with Crippen LogP contribution in [-0.2, 0) is 11.1 Å². The fourth-order valence-electron chi connectivity index (χ4n) is 0.742. The summed E-state index contributed by atoms with van der Waals surface area (Å²) in [6.07, 6.45) is 4.32. The molecule has 0 unspecified atom stereocenters. The van der Waals surface area contributed by atoms with Crippen LogP contribution in [0.1, 0.15) is 0 Å². The maximum Gasteiger partial charge on any atom is 0.122 e. The van der Waals surface area contributed by atoms with Crippen LogP contribution in [0.4, 0.5) is 5.69 Å². The predicted molar refractivity (Wildman–Crippen MR) is 49.3 cm³/mol. The molecular formula is C8H12NS+. The van der Waals surface area contributed by atoms with Crippen molar-refractivity contribution >= 4 is 16.8 Å². The van der Waals surface area contributed by atoms with Gasteiger partial charge in [-0.3, -0.25) is 0 Å². The Balaban J connectivity index is 2.59. The van der Waals surface area contributed by atoms with Crippen LogP contribution in [0.2, 0.25) is 0 Å². The van der Waals surface area contributed by atoms with Gasteiger partial charge >= 0.3 is 0 Å². The number of hydrogen-bond donors (Lipinski definition) is 1. The fraction of sp³-hybridized carbons (Fsp3) is 0.250. The van der Waals surface area contributed by atoms with E-state index in [-0.39, 0.29) is 11.1 Å². The van der Waals surface area contributed by atoms with Gasteiger partial charge in [-0.1, -0.05) is 18.2 Å². The quantitative estimate of drug-likeness (QED) is 0.641. The molecule has 0 saturated carbocycles. The zero-order chi connectivity index (χ0) is 7.40. The van der Waals surface area contributed by atoms with Crippen LogP contribution in [-0.4, -0.2) is 12.5 Å². The van der Waals surface area contributed by atoms with Crippen LogP contribution in [0.5, 0.6) is 0 Å². The third kappa shape index (κ3) is 2.31.